The Bertz CT molecular complexity index is 598. The van der Waals surface area contributed by atoms with Crippen molar-refractivity contribution in [2.75, 3.05) is 5.32 Å². The van der Waals surface area contributed by atoms with Crippen molar-refractivity contribution in [1.29, 1.82) is 0 Å². The number of anilines is 1. The number of primary amides is 1. The quantitative estimate of drug-likeness (QED) is 0.551. The molecule has 1 aliphatic carbocycles. The van der Waals surface area contributed by atoms with Crippen LogP contribution in [0.4, 0.5) is 5.00 Å². The summed E-state index contributed by atoms with van der Waals surface area (Å²) in [6.45, 7) is 1.32. The van der Waals surface area contributed by atoms with Crippen LogP contribution in [0.1, 0.15) is 40.6 Å². The fraction of sp³-hybridized carbons (Fsp3) is 0.538. The molecule has 2 amide bonds. The van der Waals surface area contributed by atoms with Crippen LogP contribution in [0.2, 0.25) is 0 Å². The molecule has 9 heteroatoms. The highest BCUT2D eigenvalue weighted by atomic mass is 35.6. The van der Waals surface area contributed by atoms with Gasteiger partial charge in [0.2, 0.25) is 9.70 Å². The zero-order valence-corrected chi connectivity index (χ0v) is 14.9. The number of aryl methyl sites for hydroxylation is 1. The molecule has 1 aromatic heterocycles. The predicted molar refractivity (Wildman–Crippen MR) is 91.0 cm³/mol. The number of carbonyl (C=O) groups is 2. The molecule has 1 aromatic rings. The highest BCUT2D eigenvalue weighted by molar-refractivity contribution is 7.16. The van der Waals surface area contributed by atoms with Crippen LogP contribution in [0, 0.1) is 0 Å². The van der Waals surface area contributed by atoms with Gasteiger partial charge in [-0.05, 0) is 31.2 Å². The monoisotopic (exact) mass is 383 g/mol. The third kappa shape index (κ3) is 3.98. The Morgan fingerprint density at radius 1 is 1.27 bits per heavy atom. The standard InChI is InChI=1S/C13H16Cl3N3O2S/c1-6(20)18-12(13(14,15)16)19-11-9(10(17)21)7-4-2-3-5-8(7)22-11/h12,19H,2-5H2,1H3,(H2,17,21)(H,18,20)/t12-/m1/s1. The van der Waals surface area contributed by atoms with Gasteiger partial charge in [-0.15, -0.1) is 11.3 Å². The second-order valence-electron chi connectivity index (χ2n) is 5.10. The molecule has 0 bridgehead atoms. The fourth-order valence-corrected chi connectivity index (χ4v) is 4.11. The van der Waals surface area contributed by atoms with E-state index < -0.39 is 15.9 Å². The zero-order valence-electron chi connectivity index (χ0n) is 11.8. The molecular formula is C13H16Cl3N3O2S. The Morgan fingerprint density at radius 2 is 1.91 bits per heavy atom. The molecule has 4 N–H and O–H groups in total. The number of halogens is 3. The van der Waals surface area contributed by atoms with E-state index in [1.807, 2.05) is 0 Å². The Hall–Kier alpha value is -0.690. The molecular weight excluding hydrogens is 369 g/mol. The van der Waals surface area contributed by atoms with Crippen LogP contribution in [0.5, 0.6) is 0 Å². The molecule has 0 unspecified atom stereocenters. The van der Waals surface area contributed by atoms with Crippen molar-refractivity contribution in [2.24, 2.45) is 5.73 Å². The normalized spacial score (nSPS) is 15.8. The van der Waals surface area contributed by atoms with Crippen molar-refractivity contribution in [3.63, 3.8) is 0 Å². The van der Waals surface area contributed by atoms with E-state index in [0.717, 1.165) is 36.1 Å². The molecule has 1 heterocycles. The average molecular weight is 385 g/mol. The maximum absolute atomic E-state index is 11.8. The summed E-state index contributed by atoms with van der Waals surface area (Å²) < 4.78 is -1.77. The van der Waals surface area contributed by atoms with Crippen LogP contribution in [0.25, 0.3) is 0 Å². The van der Waals surface area contributed by atoms with E-state index in [-0.39, 0.29) is 5.91 Å². The zero-order chi connectivity index (χ0) is 16.5. The number of amides is 2. The summed E-state index contributed by atoms with van der Waals surface area (Å²) in [6, 6.07) is 0. The van der Waals surface area contributed by atoms with Gasteiger partial charge in [-0.1, -0.05) is 34.8 Å². The van der Waals surface area contributed by atoms with Crippen molar-refractivity contribution in [1.82, 2.24) is 5.32 Å². The minimum atomic E-state index is -1.77. The summed E-state index contributed by atoms with van der Waals surface area (Å²) in [4.78, 5) is 24.2. The summed E-state index contributed by atoms with van der Waals surface area (Å²) in [5.41, 5.74) is 6.91. The van der Waals surface area contributed by atoms with Gasteiger partial charge in [-0.3, -0.25) is 9.59 Å². The van der Waals surface area contributed by atoms with Crippen LogP contribution < -0.4 is 16.4 Å². The van der Waals surface area contributed by atoms with Crippen LogP contribution in [-0.4, -0.2) is 21.8 Å². The van der Waals surface area contributed by atoms with E-state index in [9.17, 15) is 9.59 Å². The molecule has 122 valence electrons. The van der Waals surface area contributed by atoms with Crippen molar-refractivity contribution >= 4 is 63.0 Å². The highest BCUT2D eigenvalue weighted by Crippen LogP contribution is 2.40. The van der Waals surface area contributed by atoms with Crippen LogP contribution >= 0.6 is 46.1 Å². The number of nitrogens with one attached hydrogen (secondary N) is 2. The predicted octanol–water partition coefficient (Wildman–Crippen LogP) is 2.97. The summed E-state index contributed by atoms with van der Waals surface area (Å²) in [5.74, 6) is -0.876. The lowest BCUT2D eigenvalue weighted by molar-refractivity contribution is -0.119. The summed E-state index contributed by atoms with van der Waals surface area (Å²) in [6.07, 6.45) is 2.84. The molecule has 0 aromatic carbocycles. The van der Waals surface area contributed by atoms with Gasteiger partial charge in [0, 0.05) is 11.8 Å². The molecule has 2 rings (SSSR count). The third-order valence-corrected chi connectivity index (χ3v) is 5.25. The lowest BCUT2D eigenvalue weighted by atomic mass is 9.95. The SMILES string of the molecule is CC(=O)N[C@H](Nc1sc2c(c1C(N)=O)CCCC2)C(Cl)(Cl)Cl. The van der Waals surface area contributed by atoms with Crippen LogP contribution in [0.15, 0.2) is 0 Å². The first-order valence-corrected chi connectivity index (χ1v) is 8.70. The van der Waals surface area contributed by atoms with Gasteiger partial charge < -0.3 is 16.4 Å². The highest BCUT2D eigenvalue weighted by Gasteiger charge is 2.35. The van der Waals surface area contributed by atoms with Gasteiger partial charge in [0.15, 0.2) is 0 Å². The molecule has 5 nitrogen and oxygen atoms in total. The molecule has 0 saturated heterocycles. The number of fused-ring (bicyclic) bond motifs is 1. The Morgan fingerprint density at radius 3 is 2.45 bits per heavy atom. The molecule has 0 aliphatic heterocycles. The second kappa shape index (κ2) is 6.83. The number of hydrogen-bond donors (Lipinski definition) is 3. The number of alkyl halides is 3. The molecule has 0 fully saturated rings. The smallest absolute Gasteiger partial charge is 0.251 e. The van der Waals surface area contributed by atoms with Crippen molar-refractivity contribution in [3.8, 4) is 0 Å². The number of thiophene rings is 1. The minimum absolute atomic E-state index is 0.356. The number of rotatable bonds is 4. The maximum atomic E-state index is 11.8. The van der Waals surface area contributed by atoms with Gasteiger partial charge in [-0.2, -0.15) is 0 Å². The first-order chi connectivity index (χ1) is 10.2. The lowest BCUT2D eigenvalue weighted by Gasteiger charge is -2.26. The molecule has 0 saturated carbocycles. The summed E-state index contributed by atoms with van der Waals surface area (Å²) in [5, 5.41) is 6.00. The molecule has 0 radical (unpaired) electrons. The van der Waals surface area contributed by atoms with Crippen LogP contribution in [-0.2, 0) is 17.6 Å². The molecule has 1 aliphatic rings. The minimum Gasteiger partial charge on any atom is -0.365 e. The van der Waals surface area contributed by atoms with E-state index in [1.54, 1.807) is 0 Å². The number of hydrogen-bond acceptors (Lipinski definition) is 4. The summed E-state index contributed by atoms with van der Waals surface area (Å²) >= 11 is 19.1. The fourth-order valence-electron chi connectivity index (χ4n) is 2.46. The van der Waals surface area contributed by atoms with E-state index >= 15 is 0 Å². The Labute approximate surface area is 147 Å². The Kier molecular flexibility index (Phi) is 5.48. The summed E-state index contributed by atoms with van der Waals surface area (Å²) in [7, 11) is 0. The van der Waals surface area contributed by atoms with Crippen molar-refractivity contribution < 1.29 is 9.59 Å². The van der Waals surface area contributed by atoms with Crippen molar-refractivity contribution in [2.45, 2.75) is 42.6 Å². The molecule has 22 heavy (non-hydrogen) atoms. The van der Waals surface area contributed by atoms with E-state index in [1.165, 1.54) is 18.3 Å². The van der Waals surface area contributed by atoms with Gasteiger partial charge in [0.25, 0.3) is 5.91 Å². The largest absolute Gasteiger partial charge is 0.365 e. The average Bonchev–Trinajstić information content (AvgIpc) is 2.74. The van der Waals surface area contributed by atoms with Gasteiger partial charge in [-0.25, -0.2) is 0 Å². The van der Waals surface area contributed by atoms with E-state index in [2.05, 4.69) is 10.6 Å². The van der Waals surface area contributed by atoms with Crippen LogP contribution in [0.3, 0.4) is 0 Å². The van der Waals surface area contributed by atoms with Gasteiger partial charge >= 0.3 is 0 Å². The van der Waals surface area contributed by atoms with Crippen molar-refractivity contribution in [3.05, 3.63) is 16.0 Å². The topological polar surface area (TPSA) is 84.2 Å². The number of nitrogens with two attached hydrogens (primary N) is 1. The maximum Gasteiger partial charge on any atom is 0.251 e. The third-order valence-electron chi connectivity index (χ3n) is 3.37. The van der Waals surface area contributed by atoms with E-state index in [4.69, 9.17) is 40.5 Å². The molecule has 1 atom stereocenters. The number of carbonyl (C=O) groups excluding carboxylic acids is 2. The second-order valence-corrected chi connectivity index (χ2v) is 8.57. The van der Waals surface area contributed by atoms with Gasteiger partial charge in [0.1, 0.15) is 11.2 Å². The first kappa shape index (κ1) is 17.7. The lowest BCUT2D eigenvalue weighted by Crippen LogP contribution is -2.48. The Balaban J connectivity index is 2.36. The van der Waals surface area contributed by atoms with Gasteiger partial charge in [0.05, 0.1) is 5.56 Å². The van der Waals surface area contributed by atoms with E-state index in [0.29, 0.717) is 10.6 Å². The first-order valence-electron chi connectivity index (χ1n) is 6.75. The molecule has 0 spiro atoms.